The number of carbonyl (C=O) groups is 1. The molecule has 0 unspecified atom stereocenters. The number of pyridine rings is 1. The highest BCUT2D eigenvalue weighted by Crippen LogP contribution is 2.33. The van der Waals surface area contributed by atoms with Gasteiger partial charge in [0.1, 0.15) is 17.1 Å². The number of amides is 1. The lowest BCUT2D eigenvalue weighted by Crippen LogP contribution is -2.47. The molecule has 1 aliphatic rings. The van der Waals surface area contributed by atoms with E-state index in [0.29, 0.717) is 36.6 Å². The number of hydrogen-bond acceptors (Lipinski definition) is 9. The van der Waals surface area contributed by atoms with Crippen molar-refractivity contribution in [2.24, 2.45) is 0 Å². The summed E-state index contributed by atoms with van der Waals surface area (Å²) >= 11 is 0. The van der Waals surface area contributed by atoms with Crippen molar-refractivity contribution in [3.63, 3.8) is 0 Å². The minimum Gasteiger partial charge on any atom is -0.377 e. The standard InChI is InChI=1S/C37H45N7O5S/c1-6-10-34-39-32-16-14-29(22-35(45)43-19-17-42(5)18-20-43)38-37(32)44(34)23-27-13-15-30(28(21-27)24-48-7-2)31-11-8-9-12-33(31)50(46,47)41-36-25(3)26(4)49-40-36/h8-9,11-16,21H,6-7,10,17-20,22-24H2,1-5H3,(H,40,41). The minimum absolute atomic E-state index is 0.0877. The molecular weight excluding hydrogens is 655 g/mol. The number of aryl methyl sites for hydroxylation is 2. The molecule has 0 saturated carbocycles. The Bertz CT molecular complexity index is 2100. The Morgan fingerprint density at radius 3 is 2.48 bits per heavy atom. The molecule has 2 aromatic carbocycles. The molecule has 0 radical (unpaired) electrons. The van der Waals surface area contributed by atoms with Crippen LogP contribution in [-0.2, 0) is 45.5 Å². The van der Waals surface area contributed by atoms with E-state index in [0.717, 1.165) is 78.4 Å². The molecule has 3 aromatic heterocycles. The minimum atomic E-state index is -4.01. The number of imidazole rings is 1. The Labute approximate surface area is 293 Å². The van der Waals surface area contributed by atoms with Crippen molar-refractivity contribution in [2.75, 3.05) is 44.6 Å². The Morgan fingerprint density at radius 1 is 0.980 bits per heavy atom. The van der Waals surface area contributed by atoms with Gasteiger partial charge >= 0.3 is 0 Å². The second kappa shape index (κ2) is 15.1. The Morgan fingerprint density at radius 2 is 1.76 bits per heavy atom. The van der Waals surface area contributed by atoms with E-state index in [1.807, 2.05) is 42.2 Å². The third-order valence-corrected chi connectivity index (χ3v) is 10.6. The SMILES string of the molecule is CCCc1nc2ccc(CC(=O)N3CCN(C)CC3)nc2n1Cc1ccc(-c2ccccc2S(=O)(=O)Nc2noc(C)c2C)c(COCC)c1. The van der Waals surface area contributed by atoms with Gasteiger partial charge in [0.2, 0.25) is 5.91 Å². The van der Waals surface area contributed by atoms with E-state index in [4.69, 9.17) is 19.2 Å². The molecule has 1 saturated heterocycles. The summed E-state index contributed by atoms with van der Waals surface area (Å²) in [4.78, 5) is 27.3. The summed E-state index contributed by atoms with van der Waals surface area (Å²) < 4.78 is 43.2. The van der Waals surface area contributed by atoms with E-state index in [1.54, 1.807) is 32.0 Å². The number of piperazine rings is 1. The first-order chi connectivity index (χ1) is 24.1. The molecular formula is C37H45N7O5S. The first-order valence-corrected chi connectivity index (χ1v) is 18.6. The summed E-state index contributed by atoms with van der Waals surface area (Å²) in [5.41, 5.74) is 6.04. The first kappa shape index (κ1) is 35.2. The highest BCUT2D eigenvalue weighted by molar-refractivity contribution is 7.92. The van der Waals surface area contributed by atoms with Crippen LogP contribution < -0.4 is 4.72 Å². The maximum Gasteiger partial charge on any atom is 0.263 e. The third kappa shape index (κ3) is 7.59. The molecule has 0 bridgehead atoms. The van der Waals surface area contributed by atoms with Gasteiger partial charge in [-0.1, -0.05) is 48.5 Å². The highest BCUT2D eigenvalue weighted by Gasteiger charge is 2.24. The lowest BCUT2D eigenvalue weighted by Gasteiger charge is -2.32. The van der Waals surface area contributed by atoms with Crippen molar-refractivity contribution in [3.05, 3.63) is 88.6 Å². The number of aromatic nitrogens is 4. The predicted molar refractivity (Wildman–Crippen MR) is 192 cm³/mol. The van der Waals surface area contributed by atoms with Crippen molar-refractivity contribution >= 4 is 32.9 Å². The fourth-order valence-electron chi connectivity index (χ4n) is 6.23. The van der Waals surface area contributed by atoms with Gasteiger partial charge in [0.05, 0.1) is 30.2 Å². The smallest absolute Gasteiger partial charge is 0.263 e. The summed E-state index contributed by atoms with van der Waals surface area (Å²) in [6, 6.07) is 16.8. The molecule has 4 heterocycles. The summed E-state index contributed by atoms with van der Waals surface area (Å²) in [6.07, 6.45) is 1.94. The largest absolute Gasteiger partial charge is 0.377 e. The van der Waals surface area contributed by atoms with Crippen LogP contribution in [0.3, 0.4) is 0 Å². The molecule has 1 fully saturated rings. The van der Waals surface area contributed by atoms with Crippen LogP contribution in [0.1, 0.15) is 54.2 Å². The number of fused-ring (bicyclic) bond motifs is 1. The van der Waals surface area contributed by atoms with Crippen LogP contribution in [0.15, 0.2) is 64.0 Å². The monoisotopic (exact) mass is 699 g/mol. The predicted octanol–water partition coefficient (Wildman–Crippen LogP) is 5.36. The van der Waals surface area contributed by atoms with Crippen molar-refractivity contribution in [3.8, 4) is 11.1 Å². The van der Waals surface area contributed by atoms with E-state index >= 15 is 0 Å². The molecule has 1 amide bonds. The van der Waals surface area contributed by atoms with Gasteiger partial charge in [-0.05, 0) is 69.1 Å². The van der Waals surface area contributed by atoms with Crippen LogP contribution in [-0.4, -0.2) is 83.7 Å². The number of ether oxygens (including phenoxy) is 1. The van der Waals surface area contributed by atoms with Gasteiger partial charge in [-0.2, -0.15) is 0 Å². The summed E-state index contributed by atoms with van der Waals surface area (Å²) in [6.45, 7) is 12.0. The number of carbonyl (C=O) groups excluding carboxylic acids is 1. The van der Waals surface area contributed by atoms with Crippen molar-refractivity contribution in [1.82, 2.24) is 29.5 Å². The van der Waals surface area contributed by atoms with E-state index in [9.17, 15) is 13.2 Å². The number of nitrogens with zero attached hydrogens (tertiary/aromatic N) is 6. The molecule has 264 valence electrons. The van der Waals surface area contributed by atoms with Crippen LogP contribution in [0.2, 0.25) is 0 Å². The van der Waals surface area contributed by atoms with E-state index in [2.05, 4.69) is 39.4 Å². The van der Waals surface area contributed by atoms with Gasteiger partial charge < -0.3 is 23.6 Å². The lowest BCUT2D eigenvalue weighted by atomic mass is 9.97. The van der Waals surface area contributed by atoms with Crippen LogP contribution >= 0.6 is 0 Å². The second-order valence-electron chi connectivity index (χ2n) is 12.8. The zero-order valence-corrected chi connectivity index (χ0v) is 30.2. The van der Waals surface area contributed by atoms with Gasteiger partial charge in [0.15, 0.2) is 11.5 Å². The van der Waals surface area contributed by atoms with Crippen LogP contribution in [0, 0.1) is 13.8 Å². The molecule has 6 rings (SSSR count). The summed E-state index contributed by atoms with van der Waals surface area (Å²) in [5.74, 6) is 1.72. The van der Waals surface area contributed by atoms with Crippen LogP contribution in [0.4, 0.5) is 5.82 Å². The van der Waals surface area contributed by atoms with E-state index in [1.165, 1.54) is 0 Å². The van der Waals surface area contributed by atoms with E-state index < -0.39 is 10.0 Å². The van der Waals surface area contributed by atoms with Crippen LogP contribution in [0.25, 0.3) is 22.3 Å². The number of sulfonamides is 1. The summed E-state index contributed by atoms with van der Waals surface area (Å²) in [5, 5.41) is 3.90. The number of rotatable bonds is 13. The zero-order chi connectivity index (χ0) is 35.4. The molecule has 5 aromatic rings. The molecule has 0 atom stereocenters. The molecule has 0 aliphatic carbocycles. The van der Waals surface area contributed by atoms with Gasteiger partial charge in [0, 0.05) is 50.3 Å². The zero-order valence-electron chi connectivity index (χ0n) is 29.4. The average molecular weight is 700 g/mol. The Hall–Kier alpha value is -4.59. The van der Waals surface area contributed by atoms with Gasteiger partial charge in [-0.15, -0.1) is 0 Å². The van der Waals surface area contributed by atoms with Crippen molar-refractivity contribution < 1.29 is 22.5 Å². The van der Waals surface area contributed by atoms with Crippen LogP contribution in [0.5, 0.6) is 0 Å². The number of anilines is 1. The fourth-order valence-corrected chi connectivity index (χ4v) is 7.51. The van der Waals surface area contributed by atoms with Crippen molar-refractivity contribution in [1.29, 1.82) is 0 Å². The summed E-state index contributed by atoms with van der Waals surface area (Å²) in [7, 11) is -1.94. The topological polar surface area (TPSA) is 136 Å². The molecule has 50 heavy (non-hydrogen) atoms. The fraction of sp³-hybridized carbons (Fsp3) is 0.405. The van der Waals surface area contributed by atoms with Gasteiger partial charge in [0.25, 0.3) is 10.0 Å². The molecule has 1 N–H and O–H groups in total. The number of hydrogen-bond donors (Lipinski definition) is 1. The van der Waals surface area contributed by atoms with Crippen molar-refractivity contribution in [2.45, 2.75) is 65.0 Å². The quantitative estimate of drug-likeness (QED) is 0.172. The highest BCUT2D eigenvalue weighted by atomic mass is 32.2. The third-order valence-electron chi connectivity index (χ3n) is 9.22. The average Bonchev–Trinajstić information content (AvgIpc) is 3.60. The normalized spacial score (nSPS) is 14.1. The molecule has 1 aliphatic heterocycles. The number of nitrogens with one attached hydrogen (secondary N) is 1. The Balaban J connectivity index is 1.33. The van der Waals surface area contributed by atoms with Gasteiger partial charge in [-0.3, -0.25) is 9.52 Å². The van der Waals surface area contributed by atoms with E-state index in [-0.39, 0.29) is 23.0 Å². The number of likely N-dealkylation sites (N-methyl/N-ethyl adjacent to an activating group) is 1. The Kier molecular flexibility index (Phi) is 10.7. The lowest BCUT2D eigenvalue weighted by molar-refractivity contribution is -0.132. The number of benzene rings is 2. The molecule has 12 nitrogen and oxygen atoms in total. The maximum absolute atomic E-state index is 13.7. The maximum atomic E-state index is 13.7. The van der Waals surface area contributed by atoms with Gasteiger partial charge in [-0.25, -0.2) is 18.4 Å². The molecule has 13 heteroatoms. The molecule has 0 spiro atoms. The second-order valence-corrected chi connectivity index (χ2v) is 14.5. The first-order valence-electron chi connectivity index (χ1n) is 17.1.